The maximum Gasteiger partial charge on any atom is -0.00213 e. The van der Waals surface area contributed by atoms with Gasteiger partial charge in [-0.05, 0) is 70.8 Å². The minimum absolute atomic E-state index is 1.16. The van der Waals surface area contributed by atoms with Gasteiger partial charge in [0.1, 0.15) is 0 Å². The summed E-state index contributed by atoms with van der Waals surface area (Å²) in [7, 11) is 0. The average Bonchev–Trinajstić information content (AvgIpc) is 3.07. The van der Waals surface area contributed by atoms with Crippen LogP contribution < -0.4 is 0 Å². The third-order valence-electron chi connectivity index (χ3n) is 5.66. The molecule has 0 aromatic heterocycles. The zero-order chi connectivity index (χ0) is 17.7. The van der Waals surface area contributed by atoms with E-state index >= 15 is 0 Å². The Kier molecular flexibility index (Phi) is 3.46. The fraction of sp³-hybridized carbons (Fsp3) is 0.154. The van der Waals surface area contributed by atoms with Crippen LogP contribution >= 0.6 is 0 Å². The molecule has 0 nitrogen and oxygen atoms in total. The smallest absolute Gasteiger partial charge is 0.00213 e. The van der Waals surface area contributed by atoms with Gasteiger partial charge in [0.05, 0.1) is 0 Å². The highest BCUT2D eigenvalue weighted by molar-refractivity contribution is 6.09. The summed E-state index contributed by atoms with van der Waals surface area (Å²) in [6, 6.07) is 27.1. The molecule has 0 aliphatic heterocycles. The predicted octanol–water partition coefficient (Wildman–Crippen LogP) is 6.89. The number of aryl methyl sites for hydroxylation is 4. The normalized spacial score (nSPS) is 12.7. The van der Waals surface area contributed by atoms with Crippen molar-refractivity contribution in [3.05, 3.63) is 95.1 Å². The maximum absolute atomic E-state index is 2.34. The van der Waals surface area contributed by atoms with E-state index in [0.717, 1.165) is 12.8 Å². The van der Waals surface area contributed by atoms with Crippen LogP contribution in [0.5, 0.6) is 0 Å². The number of rotatable bonds is 2. The van der Waals surface area contributed by atoms with Gasteiger partial charge in [0.2, 0.25) is 0 Å². The number of hydrogen-bond donors (Lipinski definition) is 0. The van der Waals surface area contributed by atoms with Gasteiger partial charge in [0, 0.05) is 0 Å². The lowest BCUT2D eigenvalue weighted by atomic mass is 9.88. The molecule has 5 rings (SSSR count). The van der Waals surface area contributed by atoms with Crippen LogP contribution in [0.1, 0.15) is 22.3 Å². The third-order valence-corrected chi connectivity index (χ3v) is 5.66. The summed E-state index contributed by atoms with van der Waals surface area (Å²) in [5.74, 6) is 0. The molecule has 0 bridgehead atoms. The van der Waals surface area contributed by atoms with Crippen molar-refractivity contribution in [2.75, 3.05) is 0 Å². The Morgan fingerprint density at radius 3 is 1.50 bits per heavy atom. The highest BCUT2D eigenvalue weighted by Crippen LogP contribution is 2.42. The monoisotopic (exact) mass is 334 g/mol. The molecule has 0 fully saturated rings. The van der Waals surface area contributed by atoms with E-state index < -0.39 is 0 Å². The molecule has 4 aromatic carbocycles. The van der Waals surface area contributed by atoms with Gasteiger partial charge in [-0.25, -0.2) is 0 Å². The molecule has 1 aliphatic carbocycles. The molecule has 0 saturated heterocycles. The summed E-state index contributed by atoms with van der Waals surface area (Å²) in [4.78, 5) is 0. The fourth-order valence-electron chi connectivity index (χ4n) is 4.44. The first-order valence-corrected chi connectivity index (χ1v) is 9.42. The van der Waals surface area contributed by atoms with Gasteiger partial charge in [-0.3, -0.25) is 0 Å². The lowest BCUT2D eigenvalue weighted by molar-refractivity contribution is 1.02. The van der Waals surface area contributed by atoms with E-state index in [2.05, 4.69) is 86.6 Å². The minimum atomic E-state index is 1.16. The van der Waals surface area contributed by atoms with Gasteiger partial charge >= 0.3 is 0 Å². The van der Waals surface area contributed by atoms with Gasteiger partial charge in [-0.1, -0.05) is 83.9 Å². The molecule has 4 aromatic rings. The topological polar surface area (TPSA) is 0 Å². The van der Waals surface area contributed by atoms with Crippen LogP contribution in [-0.2, 0) is 12.8 Å². The van der Waals surface area contributed by atoms with Gasteiger partial charge in [0.15, 0.2) is 0 Å². The predicted molar refractivity (Wildman–Crippen MR) is 112 cm³/mol. The lowest BCUT2D eigenvalue weighted by Gasteiger charge is -2.15. The summed E-state index contributed by atoms with van der Waals surface area (Å²) in [5.41, 5.74) is 11.0. The second-order valence-electron chi connectivity index (χ2n) is 7.53. The first-order valence-electron chi connectivity index (χ1n) is 9.42. The minimum Gasteiger partial charge on any atom is -0.0614 e. The second kappa shape index (κ2) is 5.85. The van der Waals surface area contributed by atoms with Crippen LogP contribution in [0.25, 0.3) is 33.0 Å². The van der Waals surface area contributed by atoms with Gasteiger partial charge in [-0.15, -0.1) is 0 Å². The maximum atomic E-state index is 2.34. The molecule has 0 amide bonds. The van der Waals surface area contributed by atoms with E-state index in [1.807, 2.05) is 0 Å². The molecular formula is C26H22. The highest BCUT2D eigenvalue weighted by Gasteiger charge is 2.20. The van der Waals surface area contributed by atoms with Crippen molar-refractivity contribution in [2.45, 2.75) is 26.7 Å². The summed E-state index contributed by atoms with van der Waals surface area (Å²) in [5, 5.41) is 2.91. The van der Waals surface area contributed by atoms with E-state index in [-0.39, 0.29) is 0 Å². The van der Waals surface area contributed by atoms with Crippen LogP contribution in [0.3, 0.4) is 0 Å². The quantitative estimate of drug-likeness (QED) is 0.374. The Hall–Kier alpha value is -2.86. The number of benzene rings is 4. The van der Waals surface area contributed by atoms with Gasteiger partial charge in [-0.2, -0.15) is 0 Å². The van der Waals surface area contributed by atoms with E-state index in [9.17, 15) is 0 Å². The lowest BCUT2D eigenvalue weighted by Crippen LogP contribution is -1.90. The van der Waals surface area contributed by atoms with E-state index in [1.54, 1.807) is 0 Å². The highest BCUT2D eigenvalue weighted by atomic mass is 14.2. The van der Waals surface area contributed by atoms with E-state index in [0.29, 0.717) is 0 Å². The summed E-state index contributed by atoms with van der Waals surface area (Å²) >= 11 is 0. The van der Waals surface area contributed by atoms with Crippen molar-refractivity contribution >= 4 is 10.8 Å². The van der Waals surface area contributed by atoms with Crippen molar-refractivity contribution in [3.8, 4) is 22.3 Å². The zero-order valence-corrected chi connectivity index (χ0v) is 15.3. The summed E-state index contributed by atoms with van der Waals surface area (Å²) in [6.45, 7) is 4.34. The van der Waals surface area contributed by atoms with Crippen molar-refractivity contribution < 1.29 is 0 Å². The van der Waals surface area contributed by atoms with E-state index in [1.165, 1.54) is 55.3 Å². The molecule has 0 N–H and O–H groups in total. The largest absolute Gasteiger partial charge is 0.0614 e. The van der Waals surface area contributed by atoms with E-state index in [4.69, 9.17) is 0 Å². The fourth-order valence-corrected chi connectivity index (χ4v) is 4.44. The first kappa shape index (κ1) is 15.4. The molecule has 0 radical (unpaired) electrons. The van der Waals surface area contributed by atoms with Crippen LogP contribution in [0.4, 0.5) is 0 Å². The SMILES string of the molecule is Cc1cccc(-c2ccc3c4c(ccc(-c5cccc(C)c5)c24)CC3)c1. The Labute approximate surface area is 155 Å². The molecule has 26 heavy (non-hydrogen) atoms. The molecule has 0 atom stereocenters. The Morgan fingerprint density at radius 1 is 0.538 bits per heavy atom. The Bertz CT molecular complexity index is 1060. The zero-order valence-electron chi connectivity index (χ0n) is 15.3. The van der Waals surface area contributed by atoms with Crippen molar-refractivity contribution in [2.24, 2.45) is 0 Å². The van der Waals surface area contributed by atoms with Crippen molar-refractivity contribution in [1.82, 2.24) is 0 Å². The first-order chi connectivity index (χ1) is 12.7. The molecule has 1 aliphatic rings. The Balaban J connectivity index is 1.90. The van der Waals surface area contributed by atoms with Gasteiger partial charge < -0.3 is 0 Å². The number of hydrogen-bond acceptors (Lipinski definition) is 0. The summed E-state index contributed by atoms with van der Waals surface area (Å²) < 4.78 is 0. The van der Waals surface area contributed by atoms with Crippen LogP contribution in [0, 0.1) is 13.8 Å². The van der Waals surface area contributed by atoms with Gasteiger partial charge in [0.25, 0.3) is 0 Å². The second-order valence-corrected chi connectivity index (χ2v) is 7.53. The van der Waals surface area contributed by atoms with Crippen LogP contribution in [-0.4, -0.2) is 0 Å². The molecular weight excluding hydrogens is 312 g/mol. The molecule has 0 heterocycles. The van der Waals surface area contributed by atoms with Crippen molar-refractivity contribution in [3.63, 3.8) is 0 Å². The van der Waals surface area contributed by atoms with Crippen LogP contribution in [0.2, 0.25) is 0 Å². The van der Waals surface area contributed by atoms with Crippen LogP contribution in [0.15, 0.2) is 72.8 Å². The standard InChI is InChI=1S/C26H22/c1-17-5-3-7-21(15-17)23-13-11-19-9-10-20-12-14-24(26(23)25(19)20)22-8-4-6-18(2)16-22/h3-8,11-16H,9-10H2,1-2H3. The molecule has 126 valence electrons. The molecule has 0 saturated carbocycles. The third kappa shape index (κ3) is 2.37. The Morgan fingerprint density at radius 2 is 1.04 bits per heavy atom. The molecule has 0 spiro atoms. The van der Waals surface area contributed by atoms with Crippen molar-refractivity contribution in [1.29, 1.82) is 0 Å². The molecule has 0 heteroatoms. The molecule has 0 unspecified atom stereocenters. The summed E-state index contributed by atoms with van der Waals surface area (Å²) in [6.07, 6.45) is 2.33. The average molecular weight is 334 g/mol.